The van der Waals surface area contributed by atoms with Crippen LogP contribution in [0.3, 0.4) is 0 Å². The number of likely N-dealkylation sites (tertiary alicyclic amines) is 1. The van der Waals surface area contributed by atoms with E-state index in [2.05, 4.69) is 35.1 Å². The number of nitrogens with one attached hydrogen (secondary N) is 1. The average molecular weight is 258 g/mol. The number of anilines is 1. The molecule has 0 aromatic carbocycles. The molecule has 1 unspecified atom stereocenters. The van der Waals surface area contributed by atoms with Gasteiger partial charge in [-0.25, -0.2) is 4.98 Å². The Kier molecular flexibility index (Phi) is 4.39. The molecule has 1 aliphatic rings. The van der Waals surface area contributed by atoms with Crippen LogP contribution in [0.2, 0.25) is 0 Å². The van der Waals surface area contributed by atoms with Crippen molar-refractivity contribution in [2.75, 3.05) is 25.0 Å². The Hall–Kier alpha value is -1.60. The van der Waals surface area contributed by atoms with Crippen molar-refractivity contribution in [3.63, 3.8) is 0 Å². The fourth-order valence-corrected chi connectivity index (χ4v) is 2.52. The Labute approximate surface area is 115 Å². The third kappa shape index (κ3) is 3.45. The molecule has 0 aliphatic carbocycles. The zero-order chi connectivity index (χ0) is 13.8. The molecule has 1 saturated heterocycles. The van der Waals surface area contributed by atoms with Gasteiger partial charge in [-0.3, -0.25) is 0 Å². The second-order valence-corrected chi connectivity index (χ2v) is 5.58. The molecule has 19 heavy (non-hydrogen) atoms. The van der Waals surface area contributed by atoms with Crippen LogP contribution in [0.5, 0.6) is 0 Å². The summed E-state index contributed by atoms with van der Waals surface area (Å²) in [5.74, 6) is 1.38. The number of hydrogen-bond acceptors (Lipinski definition) is 4. The Balaban J connectivity index is 1.93. The smallest absolute Gasteiger partial charge is 0.144 e. The summed E-state index contributed by atoms with van der Waals surface area (Å²) in [6.45, 7) is 9.64. The summed E-state index contributed by atoms with van der Waals surface area (Å²) in [5, 5.41) is 12.4. The second kappa shape index (κ2) is 6.03. The molecule has 1 atom stereocenters. The summed E-state index contributed by atoms with van der Waals surface area (Å²) in [4.78, 5) is 6.91. The van der Waals surface area contributed by atoms with Crippen LogP contribution in [0.1, 0.15) is 31.5 Å². The molecule has 1 aromatic heterocycles. The van der Waals surface area contributed by atoms with Gasteiger partial charge in [0.2, 0.25) is 0 Å². The van der Waals surface area contributed by atoms with E-state index in [1.54, 1.807) is 0 Å². The number of aromatic nitrogens is 1. The predicted molar refractivity (Wildman–Crippen MR) is 77.0 cm³/mol. The fourth-order valence-electron chi connectivity index (χ4n) is 2.52. The van der Waals surface area contributed by atoms with Crippen LogP contribution in [-0.4, -0.2) is 35.6 Å². The molecule has 1 fully saturated rings. The van der Waals surface area contributed by atoms with Crippen LogP contribution in [0, 0.1) is 24.2 Å². The molecule has 1 N–H and O–H groups in total. The molecule has 0 bridgehead atoms. The summed E-state index contributed by atoms with van der Waals surface area (Å²) >= 11 is 0. The highest BCUT2D eigenvalue weighted by Gasteiger charge is 2.24. The Morgan fingerprint density at radius 3 is 2.95 bits per heavy atom. The molecular weight excluding hydrogens is 236 g/mol. The molecular formula is C15H22N4. The van der Waals surface area contributed by atoms with E-state index in [9.17, 15) is 0 Å². The van der Waals surface area contributed by atoms with E-state index in [-0.39, 0.29) is 0 Å². The molecule has 102 valence electrons. The van der Waals surface area contributed by atoms with Crippen LogP contribution >= 0.6 is 0 Å². The average Bonchev–Trinajstić information content (AvgIpc) is 2.85. The van der Waals surface area contributed by atoms with Crippen molar-refractivity contribution in [2.24, 2.45) is 5.92 Å². The zero-order valence-corrected chi connectivity index (χ0v) is 12.0. The van der Waals surface area contributed by atoms with Gasteiger partial charge in [-0.15, -0.1) is 0 Å². The van der Waals surface area contributed by atoms with Crippen LogP contribution in [0.15, 0.2) is 12.1 Å². The number of nitrogens with zero attached hydrogens (tertiary/aromatic N) is 3. The minimum absolute atomic E-state index is 0.622. The van der Waals surface area contributed by atoms with Gasteiger partial charge in [0.1, 0.15) is 11.9 Å². The highest BCUT2D eigenvalue weighted by molar-refractivity contribution is 5.52. The number of nitriles is 1. The quantitative estimate of drug-likeness (QED) is 0.901. The van der Waals surface area contributed by atoms with Gasteiger partial charge >= 0.3 is 0 Å². The van der Waals surface area contributed by atoms with Crippen molar-refractivity contribution in [2.45, 2.75) is 33.2 Å². The minimum Gasteiger partial charge on any atom is -0.369 e. The molecule has 0 amide bonds. The second-order valence-electron chi connectivity index (χ2n) is 5.58. The van der Waals surface area contributed by atoms with Gasteiger partial charge in [-0.1, -0.05) is 0 Å². The van der Waals surface area contributed by atoms with Crippen molar-refractivity contribution in [3.8, 4) is 6.07 Å². The van der Waals surface area contributed by atoms with Crippen LogP contribution < -0.4 is 5.32 Å². The first kappa shape index (κ1) is 13.8. The normalized spacial score (nSPS) is 19.6. The number of pyridine rings is 1. The van der Waals surface area contributed by atoms with Gasteiger partial charge in [-0.05, 0) is 51.8 Å². The van der Waals surface area contributed by atoms with E-state index >= 15 is 0 Å². The Bertz CT molecular complexity index is 476. The van der Waals surface area contributed by atoms with Crippen LogP contribution in [0.25, 0.3) is 0 Å². The van der Waals surface area contributed by atoms with Crippen molar-refractivity contribution in [1.29, 1.82) is 5.26 Å². The SMILES string of the molecule is Cc1ccc(C#N)c(NCC2CCN(C(C)C)C2)n1. The summed E-state index contributed by atoms with van der Waals surface area (Å²) < 4.78 is 0. The van der Waals surface area contributed by atoms with Gasteiger partial charge < -0.3 is 10.2 Å². The first-order valence-electron chi connectivity index (χ1n) is 6.96. The molecule has 4 heteroatoms. The lowest BCUT2D eigenvalue weighted by Gasteiger charge is -2.20. The molecule has 4 nitrogen and oxygen atoms in total. The van der Waals surface area contributed by atoms with Gasteiger partial charge in [-0.2, -0.15) is 5.26 Å². The maximum Gasteiger partial charge on any atom is 0.144 e. The van der Waals surface area contributed by atoms with E-state index in [4.69, 9.17) is 5.26 Å². The molecule has 0 saturated carbocycles. The highest BCUT2D eigenvalue weighted by Crippen LogP contribution is 2.20. The topological polar surface area (TPSA) is 52.0 Å². The third-order valence-corrected chi connectivity index (χ3v) is 3.76. The van der Waals surface area contributed by atoms with E-state index < -0.39 is 0 Å². The number of hydrogen-bond donors (Lipinski definition) is 1. The van der Waals surface area contributed by atoms with Crippen molar-refractivity contribution in [3.05, 3.63) is 23.4 Å². The summed E-state index contributed by atoms with van der Waals surface area (Å²) in [6.07, 6.45) is 1.22. The Morgan fingerprint density at radius 1 is 1.53 bits per heavy atom. The number of rotatable bonds is 4. The van der Waals surface area contributed by atoms with E-state index in [0.717, 1.165) is 24.6 Å². The van der Waals surface area contributed by atoms with E-state index in [1.165, 1.54) is 13.0 Å². The maximum absolute atomic E-state index is 9.08. The first-order valence-corrected chi connectivity index (χ1v) is 6.96. The van der Waals surface area contributed by atoms with Crippen molar-refractivity contribution < 1.29 is 0 Å². The van der Waals surface area contributed by atoms with Crippen molar-refractivity contribution in [1.82, 2.24) is 9.88 Å². The lowest BCUT2D eigenvalue weighted by atomic mass is 10.1. The Morgan fingerprint density at radius 2 is 2.32 bits per heavy atom. The third-order valence-electron chi connectivity index (χ3n) is 3.76. The van der Waals surface area contributed by atoms with E-state index in [0.29, 0.717) is 17.5 Å². The zero-order valence-electron chi connectivity index (χ0n) is 12.0. The van der Waals surface area contributed by atoms with Gasteiger partial charge in [0.05, 0.1) is 5.56 Å². The molecule has 1 aliphatic heterocycles. The maximum atomic E-state index is 9.08. The first-order chi connectivity index (χ1) is 9.10. The summed E-state index contributed by atoms with van der Waals surface area (Å²) in [7, 11) is 0. The molecule has 0 spiro atoms. The lowest BCUT2D eigenvalue weighted by Crippen LogP contribution is -2.29. The fraction of sp³-hybridized carbons (Fsp3) is 0.600. The minimum atomic E-state index is 0.622. The van der Waals surface area contributed by atoms with Crippen LogP contribution in [0.4, 0.5) is 5.82 Å². The van der Waals surface area contributed by atoms with Gasteiger partial charge in [0, 0.05) is 24.8 Å². The monoisotopic (exact) mass is 258 g/mol. The number of aryl methyl sites for hydroxylation is 1. The largest absolute Gasteiger partial charge is 0.369 e. The lowest BCUT2D eigenvalue weighted by molar-refractivity contribution is 0.266. The highest BCUT2D eigenvalue weighted by atomic mass is 15.2. The van der Waals surface area contributed by atoms with Gasteiger partial charge in [0.25, 0.3) is 0 Å². The molecule has 2 heterocycles. The molecule has 0 radical (unpaired) electrons. The van der Waals surface area contributed by atoms with Crippen LogP contribution in [-0.2, 0) is 0 Å². The summed E-state index contributed by atoms with van der Waals surface area (Å²) in [6, 6.07) is 6.52. The predicted octanol–water partition coefficient (Wildman–Crippen LogP) is 2.40. The van der Waals surface area contributed by atoms with Gasteiger partial charge in [0.15, 0.2) is 0 Å². The molecule has 2 rings (SSSR count). The standard InChI is InChI=1S/C15H22N4/c1-11(2)19-7-6-13(10-19)9-17-15-14(8-16)5-4-12(3)18-15/h4-5,11,13H,6-7,9-10H2,1-3H3,(H,17,18). The summed E-state index contributed by atoms with van der Waals surface area (Å²) in [5.41, 5.74) is 1.57. The van der Waals surface area contributed by atoms with E-state index in [1.807, 2.05) is 19.1 Å². The van der Waals surface area contributed by atoms with Crippen molar-refractivity contribution >= 4 is 5.82 Å². The molecule has 1 aromatic rings.